The van der Waals surface area contributed by atoms with E-state index in [0.717, 1.165) is 11.3 Å². The summed E-state index contributed by atoms with van der Waals surface area (Å²) in [7, 11) is 0. The van der Waals surface area contributed by atoms with E-state index in [1.165, 1.54) is 11.3 Å². The number of aliphatic hydroxyl groups excluding tert-OH is 1. The maximum atomic E-state index is 12.2. The summed E-state index contributed by atoms with van der Waals surface area (Å²) in [5.41, 5.74) is 3.07. The van der Waals surface area contributed by atoms with Crippen molar-refractivity contribution in [3.05, 3.63) is 75.3 Å². The van der Waals surface area contributed by atoms with Crippen molar-refractivity contribution in [2.45, 2.75) is 20.0 Å². The van der Waals surface area contributed by atoms with E-state index in [1.807, 2.05) is 17.5 Å². The molecule has 8 heteroatoms. The van der Waals surface area contributed by atoms with Crippen LogP contribution in [0.3, 0.4) is 0 Å². The van der Waals surface area contributed by atoms with Gasteiger partial charge < -0.3 is 14.7 Å². The smallest absolute Gasteiger partial charge is 0.338 e. The van der Waals surface area contributed by atoms with Crippen molar-refractivity contribution in [2.75, 3.05) is 11.4 Å². The Balaban J connectivity index is 1.58. The number of carbonyl (C=O) groups is 1. The van der Waals surface area contributed by atoms with Crippen LogP contribution in [0.4, 0.5) is 5.69 Å². The molecule has 1 aliphatic heterocycles. The fourth-order valence-corrected chi connectivity index (χ4v) is 4.27. The highest BCUT2D eigenvalue weighted by Crippen LogP contribution is 2.34. The van der Waals surface area contributed by atoms with Gasteiger partial charge in [-0.2, -0.15) is 0 Å². The van der Waals surface area contributed by atoms with Gasteiger partial charge in [0.25, 0.3) is 0 Å². The van der Waals surface area contributed by atoms with Gasteiger partial charge in [-0.15, -0.1) is 11.3 Å². The van der Waals surface area contributed by atoms with Crippen LogP contribution in [0.5, 0.6) is 0 Å². The highest BCUT2D eigenvalue weighted by Gasteiger charge is 2.31. The lowest BCUT2D eigenvalue weighted by atomic mass is 10.1. The predicted molar refractivity (Wildman–Crippen MR) is 124 cm³/mol. The number of hydrogen-bond acceptors (Lipinski definition) is 6. The van der Waals surface area contributed by atoms with Crippen molar-refractivity contribution in [3.63, 3.8) is 0 Å². The molecule has 1 aromatic heterocycles. The lowest BCUT2D eigenvalue weighted by Crippen LogP contribution is -2.26. The minimum Gasteiger partial charge on any atom is -0.510 e. The first kappa shape index (κ1) is 21.1. The van der Waals surface area contributed by atoms with Gasteiger partial charge in [0.1, 0.15) is 16.6 Å². The normalized spacial score (nSPS) is 13.9. The van der Waals surface area contributed by atoms with Crippen LogP contribution in [-0.2, 0) is 4.74 Å². The molecule has 0 saturated carbocycles. The topological polar surface area (TPSA) is 86.5 Å². The maximum Gasteiger partial charge on any atom is 0.338 e. The van der Waals surface area contributed by atoms with Crippen LogP contribution in [-0.4, -0.2) is 34.5 Å². The second kappa shape index (κ2) is 8.53. The number of nitrogens with one attached hydrogen (secondary N) is 1. The first-order valence-corrected chi connectivity index (χ1v) is 10.9. The fourth-order valence-electron chi connectivity index (χ4n) is 3.25. The molecular weight excluding hydrogens is 434 g/mol. The van der Waals surface area contributed by atoms with E-state index in [9.17, 15) is 9.90 Å². The van der Waals surface area contributed by atoms with E-state index in [2.05, 4.69) is 4.98 Å². The molecule has 2 aromatic carbocycles. The molecule has 6 nitrogen and oxygen atoms in total. The summed E-state index contributed by atoms with van der Waals surface area (Å²) < 4.78 is 5.26. The van der Waals surface area contributed by atoms with Crippen LogP contribution >= 0.6 is 22.9 Å². The third-order valence-electron chi connectivity index (χ3n) is 4.70. The van der Waals surface area contributed by atoms with Crippen LogP contribution < -0.4 is 4.90 Å². The molecule has 0 atom stereocenters. The van der Waals surface area contributed by atoms with Crippen LogP contribution in [0.15, 0.2) is 59.7 Å². The zero-order chi connectivity index (χ0) is 22.1. The second-order valence-corrected chi connectivity index (χ2v) is 8.60. The number of carbonyl (C=O) groups excluding carboxylic acids is 1. The second-order valence-electron chi connectivity index (χ2n) is 7.31. The molecule has 1 aliphatic rings. The molecule has 0 spiro atoms. The number of halogens is 1. The molecule has 0 saturated heterocycles. The van der Waals surface area contributed by atoms with E-state index in [4.69, 9.17) is 21.7 Å². The minimum absolute atomic E-state index is 0.0668. The summed E-state index contributed by atoms with van der Waals surface area (Å²) >= 11 is 7.32. The number of esters is 1. The van der Waals surface area contributed by atoms with Crippen LogP contribution in [0.1, 0.15) is 29.2 Å². The Morgan fingerprint density at radius 2 is 2.00 bits per heavy atom. The summed E-state index contributed by atoms with van der Waals surface area (Å²) in [5.74, 6) is -0.228. The highest BCUT2D eigenvalue weighted by molar-refractivity contribution is 7.11. The van der Waals surface area contributed by atoms with Crippen molar-refractivity contribution >= 4 is 46.0 Å². The van der Waals surface area contributed by atoms with E-state index in [0.29, 0.717) is 26.9 Å². The molecule has 0 unspecified atom stereocenters. The average molecular weight is 454 g/mol. The Hall–Kier alpha value is -3.16. The highest BCUT2D eigenvalue weighted by atomic mass is 35.5. The summed E-state index contributed by atoms with van der Waals surface area (Å²) in [5, 5.41) is 22.3. The predicted octanol–water partition coefficient (Wildman–Crippen LogP) is 5.80. The molecule has 0 bridgehead atoms. The molecule has 0 aliphatic carbocycles. The van der Waals surface area contributed by atoms with Crippen LogP contribution in [0.2, 0.25) is 5.02 Å². The van der Waals surface area contributed by atoms with Gasteiger partial charge in [0.2, 0.25) is 0 Å². The van der Waals surface area contributed by atoms with Gasteiger partial charge in [0.15, 0.2) is 0 Å². The number of hydrogen-bond donors (Lipinski definition) is 2. The van der Waals surface area contributed by atoms with Crippen LogP contribution in [0.25, 0.3) is 16.8 Å². The van der Waals surface area contributed by atoms with E-state index in [-0.39, 0.29) is 24.2 Å². The Bertz CT molecular complexity index is 1180. The number of amidine groups is 1. The van der Waals surface area contributed by atoms with Gasteiger partial charge in [-0.05, 0) is 44.2 Å². The molecule has 2 heterocycles. The number of thiazole rings is 1. The van der Waals surface area contributed by atoms with Crippen molar-refractivity contribution in [2.24, 2.45) is 0 Å². The molecule has 0 radical (unpaired) electrons. The number of rotatable bonds is 5. The largest absolute Gasteiger partial charge is 0.510 e. The standard InChI is InChI=1S/C23H20ClN3O3S/c1-13(2)30-23(29)15-4-3-5-17(10-15)27-11-19(28)20(21(27)25)22-26-18(12-31-22)14-6-8-16(24)9-7-14/h3-10,12-13,25,28H,11H2,1-2H3. The number of anilines is 1. The van der Waals surface area contributed by atoms with E-state index < -0.39 is 5.97 Å². The third kappa shape index (κ3) is 4.33. The van der Waals surface area contributed by atoms with Gasteiger partial charge in [0.05, 0.1) is 29.5 Å². The van der Waals surface area contributed by atoms with E-state index in [1.54, 1.807) is 55.1 Å². The zero-order valence-corrected chi connectivity index (χ0v) is 18.5. The number of aromatic nitrogens is 1. The zero-order valence-electron chi connectivity index (χ0n) is 16.9. The number of benzene rings is 2. The maximum absolute atomic E-state index is 12.2. The lowest BCUT2D eigenvalue weighted by Gasteiger charge is -2.19. The van der Waals surface area contributed by atoms with Crippen molar-refractivity contribution in [1.29, 1.82) is 5.41 Å². The fraction of sp³-hybridized carbons (Fsp3) is 0.174. The number of aliphatic hydroxyl groups is 1. The summed E-state index contributed by atoms with van der Waals surface area (Å²) in [4.78, 5) is 18.5. The summed E-state index contributed by atoms with van der Waals surface area (Å²) in [6.45, 7) is 3.71. The Morgan fingerprint density at radius 3 is 2.71 bits per heavy atom. The van der Waals surface area contributed by atoms with Gasteiger partial charge >= 0.3 is 5.97 Å². The molecule has 0 amide bonds. The first-order chi connectivity index (χ1) is 14.8. The lowest BCUT2D eigenvalue weighted by molar-refractivity contribution is 0.0378. The molecule has 2 N–H and O–H groups in total. The Kier molecular flexibility index (Phi) is 5.80. The minimum atomic E-state index is -0.424. The van der Waals surface area contributed by atoms with Gasteiger partial charge in [-0.25, -0.2) is 9.78 Å². The van der Waals surface area contributed by atoms with Crippen molar-refractivity contribution < 1.29 is 14.6 Å². The quantitative estimate of drug-likeness (QED) is 0.477. The van der Waals surface area contributed by atoms with Crippen molar-refractivity contribution in [1.82, 2.24) is 4.98 Å². The van der Waals surface area contributed by atoms with Crippen LogP contribution in [0, 0.1) is 5.41 Å². The van der Waals surface area contributed by atoms with E-state index >= 15 is 0 Å². The molecular formula is C23H20ClN3O3S. The Labute approximate surface area is 188 Å². The Morgan fingerprint density at radius 1 is 1.26 bits per heavy atom. The monoisotopic (exact) mass is 453 g/mol. The van der Waals surface area contributed by atoms with Gasteiger partial charge in [-0.3, -0.25) is 5.41 Å². The molecule has 31 heavy (non-hydrogen) atoms. The molecule has 3 aromatic rings. The van der Waals surface area contributed by atoms with Gasteiger partial charge in [0, 0.05) is 21.7 Å². The molecule has 158 valence electrons. The first-order valence-electron chi connectivity index (χ1n) is 9.65. The molecule has 0 fully saturated rings. The average Bonchev–Trinajstić information content (AvgIpc) is 3.32. The number of nitrogens with zero attached hydrogens (tertiary/aromatic N) is 2. The number of ether oxygens (including phenoxy) is 1. The van der Waals surface area contributed by atoms with Crippen molar-refractivity contribution in [3.8, 4) is 11.3 Å². The third-order valence-corrected chi connectivity index (χ3v) is 5.81. The summed E-state index contributed by atoms with van der Waals surface area (Å²) in [6.07, 6.45) is -0.224. The molecule has 4 rings (SSSR count). The SMILES string of the molecule is CC(C)OC(=O)c1cccc(N2CC(O)=C(c3nc(-c4ccc(Cl)cc4)cs3)C2=N)c1. The van der Waals surface area contributed by atoms with Gasteiger partial charge in [-0.1, -0.05) is 29.8 Å². The summed E-state index contributed by atoms with van der Waals surface area (Å²) in [6, 6.07) is 14.2.